The van der Waals surface area contributed by atoms with Crippen LogP contribution in [0.15, 0.2) is 18.2 Å². The van der Waals surface area contributed by atoms with Crippen molar-refractivity contribution in [1.29, 1.82) is 0 Å². The first-order valence-corrected chi connectivity index (χ1v) is 4.07. The van der Waals surface area contributed by atoms with E-state index in [9.17, 15) is 0 Å². The van der Waals surface area contributed by atoms with Crippen molar-refractivity contribution in [3.63, 3.8) is 0 Å². The van der Waals surface area contributed by atoms with Crippen LogP contribution in [0, 0.1) is 0 Å². The van der Waals surface area contributed by atoms with Crippen LogP contribution >= 0.6 is 0 Å². The van der Waals surface area contributed by atoms with Crippen LogP contribution in [-0.4, -0.2) is 7.85 Å². The lowest BCUT2D eigenvalue weighted by atomic mass is 9.82. The molecule has 2 radical (unpaired) electrons. The third kappa shape index (κ3) is 1.82. The van der Waals surface area contributed by atoms with Gasteiger partial charge in [0.1, 0.15) is 7.85 Å². The van der Waals surface area contributed by atoms with Gasteiger partial charge in [-0.25, -0.2) is 0 Å². The molecule has 62 valence electrons. The Morgan fingerprint density at radius 3 is 2.25 bits per heavy atom. The number of hydrogen-bond acceptors (Lipinski definition) is 1. The van der Waals surface area contributed by atoms with Crippen molar-refractivity contribution in [3.8, 4) is 0 Å². The summed E-state index contributed by atoms with van der Waals surface area (Å²) in [4.78, 5) is 0. The SMILES string of the molecule is [B]c1cc(C(C)(C)C)ccc1N. The molecule has 0 saturated carbocycles. The van der Waals surface area contributed by atoms with E-state index in [2.05, 4.69) is 20.8 Å². The van der Waals surface area contributed by atoms with E-state index in [0.29, 0.717) is 11.2 Å². The molecule has 0 unspecified atom stereocenters. The van der Waals surface area contributed by atoms with E-state index in [4.69, 9.17) is 13.6 Å². The van der Waals surface area contributed by atoms with Gasteiger partial charge in [0.05, 0.1) is 0 Å². The van der Waals surface area contributed by atoms with Crippen LogP contribution in [0.25, 0.3) is 0 Å². The summed E-state index contributed by atoms with van der Waals surface area (Å²) in [6.07, 6.45) is 0. The van der Waals surface area contributed by atoms with E-state index in [1.807, 2.05) is 18.2 Å². The van der Waals surface area contributed by atoms with Gasteiger partial charge in [0.15, 0.2) is 0 Å². The Kier molecular flexibility index (Phi) is 2.18. The highest BCUT2D eigenvalue weighted by Gasteiger charge is 2.13. The molecular weight excluding hydrogens is 145 g/mol. The fourth-order valence-corrected chi connectivity index (χ4v) is 1.04. The number of anilines is 1. The topological polar surface area (TPSA) is 26.0 Å². The summed E-state index contributed by atoms with van der Waals surface area (Å²) < 4.78 is 0. The van der Waals surface area contributed by atoms with Gasteiger partial charge in [0.2, 0.25) is 0 Å². The molecule has 1 aromatic carbocycles. The van der Waals surface area contributed by atoms with Crippen molar-refractivity contribution < 1.29 is 0 Å². The van der Waals surface area contributed by atoms with Crippen LogP contribution < -0.4 is 11.2 Å². The summed E-state index contributed by atoms with van der Waals surface area (Å²) in [5.41, 5.74) is 8.29. The lowest BCUT2D eigenvalue weighted by Crippen LogP contribution is -2.17. The Hall–Kier alpha value is -0.915. The van der Waals surface area contributed by atoms with Gasteiger partial charge in [0.25, 0.3) is 0 Å². The summed E-state index contributed by atoms with van der Waals surface area (Å²) in [7, 11) is 5.69. The van der Waals surface area contributed by atoms with Gasteiger partial charge < -0.3 is 5.73 Å². The number of benzene rings is 1. The second-order valence-electron chi connectivity index (χ2n) is 4.09. The predicted molar refractivity (Wildman–Crippen MR) is 54.9 cm³/mol. The minimum absolute atomic E-state index is 0.141. The lowest BCUT2D eigenvalue weighted by Gasteiger charge is -2.20. The number of nitrogens with two attached hydrogens (primary N) is 1. The molecule has 1 nitrogen and oxygen atoms in total. The Bertz CT molecular complexity index is 286. The van der Waals surface area contributed by atoms with Crippen molar-refractivity contribution >= 4 is 19.0 Å². The summed E-state index contributed by atoms with van der Waals surface area (Å²) >= 11 is 0. The van der Waals surface area contributed by atoms with Gasteiger partial charge in [-0.2, -0.15) is 0 Å². The molecule has 2 N–H and O–H groups in total. The zero-order valence-electron chi connectivity index (χ0n) is 7.89. The minimum atomic E-state index is 0.141. The molecular formula is C10H14BN. The van der Waals surface area contributed by atoms with E-state index >= 15 is 0 Å². The third-order valence-corrected chi connectivity index (χ3v) is 1.95. The summed E-state index contributed by atoms with van der Waals surface area (Å²) in [6, 6.07) is 5.82. The average Bonchev–Trinajstić information content (AvgIpc) is 1.92. The second kappa shape index (κ2) is 2.85. The quantitative estimate of drug-likeness (QED) is 0.448. The monoisotopic (exact) mass is 159 g/mol. The lowest BCUT2D eigenvalue weighted by molar-refractivity contribution is 0.591. The summed E-state index contributed by atoms with van der Waals surface area (Å²) in [5, 5.41) is 0. The van der Waals surface area contributed by atoms with Crippen LogP contribution in [0.1, 0.15) is 26.3 Å². The van der Waals surface area contributed by atoms with Crippen LogP contribution in [0.2, 0.25) is 0 Å². The summed E-state index contributed by atoms with van der Waals surface area (Å²) in [6.45, 7) is 6.45. The molecule has 0 aliphatic rings. The summed E-state index contributed by atoms with van der Waals surface area (Å²) in [5.74, 6) is 0. The van der Waals surface area contributed by atoms with Crippen LogP contribution in [0.5, 0.6) is 0 Å². The zero-order valence-corrected chi connectivity index (χ0v) is 7.89. The normalized spacial score (nSPS) is 11.6. The minimum Gasteiger partial charge on any atom is -0.399 e. The van der Waals surface area contributed by atoms with Crippen molar-refractivity contribution in [2.75, 3.05) is 5.73 Å². The van der Waals surface area contributed by atoms with Gasteiger partial charge in [-0.05, 0) is 17.0 Å². The molecule has 0 atom stereocenters. The van der Waals surface area contributed by atoms with Gasteiger partial charge in [0, 0.05) is 5.69 Å². The van der Waals surface area contributed by atoms with Crippen molar-refractivity contribution in [1.82, 2.24) is 0 Å². The molecule has 2 heteroatoms. The van der Waals surface area contributed by atoms with E-state index in [0.717, 1.165) is 0 Å². The van der Waals surface area contributed by atoms with Gasteiger partial charge in [-0.1, -0.05) is 38.4 Å². The van der Waals surface area contributed by atoms with Crippen molar-refractivity contribution in [2.45, 2.75) is 26.2 Å². The third-order valence-electron chi connectivity index (χ3n) is 1.95. The highest BCUT2D eigenvalue weighted by molar-refractivity contribution is 6.35. The van der Waals surface area contributed by atoms with E-state index in [1.54, 1.807) is 0 Å². The number of nitrogen functional groups attached to an aromatic ring is 1. The molecule has 0 amide bonds. The molecule has 1 rings (SSSR count). The first-order valence-electron chi connectivity index (χ1n) is 4.07. The molecule has 0 bridgehead atoms. The Morgan fingerprint density at radius 1 is 1.25 bits per heavy atom. The smallest absolute Gasteiger partial charge is 0.116 e. The van der Waals surface area contributed by atoms with Gasteiger partial charge in [-0.3, -0.25) is 0 Å². The standard InChI is InChI=1S/C10H14BN/c1-10(2,3)7-4-5-9(12)8(11)6-7/h4-6H,12H2,1-3H3. The maximum absolute atomic E-state index is 5.69. The Balaban J connectivity index is 3.14. The fraction of sp³-hybridized carbons (Fsp3) is 0.400. The molecule has 0 aliphatic heterocycles. The van der Waals surface area contributed by atoms with Gasteiger partial charge >= 0.3 is 0 Å². The number of rotatable bonds is 0. The van der Waals surface area contributed by atoms with E-state index < -0.39 is 0 Å². The molecule has 0 aliphatic carbocycles. The Morgan fingerprint density at radius 2 is 1.83 bits per heavy atom. The molecule has 0 spiro atoms. The van der Waals surface area contributed by atoms with Crippen LogP contribution in [0.4, 0.5) is 5.69 Å². The van der Waals surface area contributed by atoms with Crippen LogP contribution in [-0.2, 0) is 5.41 Å². The maximum atomic E-state index is 5.69. The molecule has 0 aromatic heterocycles. The number of hydrogen-bond donors (Lipinski definition) is 1. The van der Waals surface area contributed by atoms with Gasteiger partial charge in [-0.15, -0.1) is 0 Å². The zero-order chi connectivity index (χ0) is 9.35. The molecule has 0 saturated heterocycles. The van der Waals surface area contributed by atoms with E-state index in [1.165, 1.54) is 5.56 Å². The predicted octanol–water partition coefficient (Wildman–Crippen LogP) is 1.36. The van der Waals surface area contributed by atoms with Crippen molar-refractivity contribution in [2.24, 2.45) is 0 Å². The first-order chi connectivity index (χ1) is 5.41. The Labute approximate surface area is 75.4 Å². The average molecular weight is 159 g/mol. The molecule has 0 fully saturated rings. The second-order valence-corrected chi connectivity index (χ2v) is 4.09. The fourth-order valence-electron chi connectivity index (χ4n) is 1.04. The molecule has 0 heterocycles. The maximum Gasteiger partial charge on any atom is 0.116 e. The highest BCUT2D eigenvalue weighted by atomic mass is 14.5. The van der Waals surface area contributed by atoms with E-state index in [-0.39, 0.29) is 5.41 Å². The first kappa shape index (κ1) is 9.18. The molecule has 12 heavy (non-hydrogen) atoms. The van der Waals surface area contributed by atoms with Crippen molar-refractivity contribution in [3.05, 3.63) is 23.8 Å². The van der Waals surface area contributed by atoms with Crippen LogP contribution in [0.3, 0.4) is 0 Å². The molecule has 1 aromatic rings. The largest absolute Gasteiger partial charge is 0.399 e. The highest BCUT2D eigenvalue weighted by Crippen LogP contribution is 2.21.